The molecule has 0 aromatic heterocycles. The second-order valence-corrected chi connectivity index (χ2v) is 6.28. The van der Waals surface area contributed by atoms with Crippen molar-refractivity contribution < 1.29 is 19.4 Å². The highest BCUT2D eigenvalue weighted by molar-refractivity contribution is 5.92. The molecule has 0 radical (unpaired) electrons. The maximum absolute atomic E-state index is 12.7. The van der Waals surface area contributed by atoms with E-state index in [4.69, 9.17) is 4.74 Å². The zero-order valence-corrected chi connectivity index (χ0v) is 14.9. The van der Waals surface area contributed by atoms with Crippen molar-refractivity contribution in [2.75, 3.05) is 19.0 Å². The van der Waals surface area contributed by atoms with Crippen LogP contribution in [0.15, 0.2) is 42.5 Å². The Hall–Kier alpha value is -2.86. The predicted octanol–water partition coefficient (Wildman–Crippen LogP) is 2.27. The van der Waals surface area contributed by atoms with Gasteiger partial charge in [0.05, 0.1) is 31.9 Å². The van der Waals surface area contributed by atoms with Crippen LogP contribution in [0.1, 0.15) is 29.7 Å². The molecule has 6 heteroatoms. The normalized spacial score (nSPS) is 16.2. The molecule has 136 valence electrons. The third-order valence-electron chi connectivity index (χ3n) is 4.54. The predicted molar refractivity (Wildman–Crippen MR) is 97.8 cm³/mol. The first-order valence-electron chi connectivity index (χ1n) is 8.46. The highest BCUT2D eigenvalue weighted by Gasteiger charge is 2.35. The third kappa shape index (κ3) is 3.41. The van der Waals surface area contributed by atoms with Crippen LogP contribution in [0.25, 0.3) is 0 Å². The van der Waals surface area contributed by atoms with Crippen molar-refractivity contribution in [2.45, 2.75) is 25.9 Å². The maximum Gasteiger partial charge on any atom is 0.227 e. The second-order valence-electron chi connectivity index (χ2n) is 6.28. The lowest BCUT2D eigenvalue weighted by Gasteiger charge is -2.37. The van der Waals surface area contributed by atoms with Gasteiger partial charge < -0.3 is 20.1 Å². The van der Waals surface area contributed by atoms with Crippen LogP contribution in [0.3, 0.4) is 0 Å². The van der Waals surface area contributed by atoms with Crippen molar-refractivity contribution in [3.8, 4) is 5.75 Å². The van der Waals surface area contributed by atoms with E-state index in [1.54, 1.807) is 11.0 Å². The first kappa shape index (κ1) is 17.9. The zero-order valence-electron chi connectivity index (χ0n) is 14.9. The molecule has 3 rings (SSSR count). The largest absolute Gasteiger partial charge is 0.494 e. The summed E-state index contributed by atoms with van der Waals surface area (Å²) < 4.78 is 5.55. The molecule has 2 amide bonds. The van der Waals surface area contributed by atoms with E-state index < -0.39 is 6.04 Å². The van der Waals surface area contributed by atoms with Crippen LogP contribution in [-0.4, -0.2) is 35.5 Å². The molecule has 26 heavy (non-hydrogen) atoms. The number of anilines is 1. The van der Waals surface area contributed by atoms with E-state index in [-0.39, 0.29) is 24.8 Å². The zero-order chi connectivity index (χ0) is 18.7. The standard InChI is InChI=1S/C20H22N2O4/c1-13(24)21-16-9-8-15-10-18(25)22(11-14-6-4-3-5-7-14)17(12-23)19(15)20(16)26-2/h3-9,17,23H,10-12H2,1-2H3,(H,21,24)/t17-/m0/s1. The van der Waals surface area contributed by atoms with Gasteiger partial charge in [0.25, 0.3) is 0 Å². The van der Waals surface area contributed by atoms with Crippen LogP contribution >= 0.6 is 0 Å². The second kappa shape index (κ2) is 7.58. The van der Waals surface area contributed by atoms with Gasteiger partial charge in [-0.3, -0.25) is 9.59 Å². The number of fused-ring (bicyclic) bond motifs is 1. The summed E-state index contributed by atoms with van der Waals surface area (Å²) in [5.74, 6) is 0.230. The fourth-order valence-corrected chi connectivity index (χ4v) is 3.43. The molecular weight excluding hydrogens is 332 g/mol. The Labute approximate surface area is 152 Å². The Balaban J connectivity index is 2.04. The Bertz CT molecular complexity index is 820. The molecule has 2 aromatic rings. The molecule has 1 atom stereocenters. The smallest absolute Gasteiger partial charge is 0.227 e. The van der Waals surface area contributed by atoms with Crippen molar-refractivity contribution in [1.82, 2.24) is 4.90 Å². The number of amides is 2. The van der Waals surface area contributed by atoms with Crippen LogP contribution in [0.5, 0.6) is 5.75 Å². The van der Waals surface area contributed by atoms with E-state index >= 15 is 0 Å². The van der Waals surface area contributed by atoms with E-state index in [0.717, 1.165) is 16.7 Å². The molecule has 0 aliphatic carbocycles. The van der Waals surface area contributed by atoms with Crippen molar-refractivity contribution in [2.24, 2.45) is 0 Å². The number of hydrogen-bond acceptors (Lipinski definition) is 4. The summed E-state index contributed by atoms with van der Waals surface area (Å²) >= 11 is 0. The molecule has 1 heterocycles. The van der Waals surface area contributed by atoms with Gasteiger partial charge in [-0.15, -0.1) is 0 Å². The number of nitrogens with zero attached hydrogens (tertiary/aromatic N) is 1. The van der Waals surface area contributed by atoms with E-state index in [9.17, 15) is 14.7 Å². The van der Waals surface area contributed by atoms with E-state index in [2.05, 4.69) is 5.32 Å². The van der Waals surface area contributed by atoms with Gasteiger partial charge in [0.15, 0.2) is 0 Å². The number of hydrogen-bond donors (Lipinski definition) is 2. The Morgan fingerprint density at radius 2 is 2.00 bits per heavy atom. The van der Waals surface area contributed by atoms with Crippen molar-refractivity contribution in [1.29, 1.82) is 0 Å². The van der Waals surface area contributed by atoms with Crippen LogP contribution in [0.2, 0.25) is 0 Å². The monoisotopic (exact) mass is 354 g/mol. The van der Waals surface area contributed by atoms with Crippen molar-refractivity contribution in [3.05, 3.63) is 59.2 Å². The Morgan fingerprint density at radius 3 is 2.62 bits per heavy atom. The number of aliphatic hydroxyl groups excluding tert-OH is 1. The first-order valence-corrected chi connectivity index (χ1v) is 8.46. The topological polar surface area (TPSA) is 78.9 Å². The molecule has 2 aromatic carbocycles. The third-order valence-corrected chi connectivity index (χ3v) is 4.54. The number of rotatable bonds is 5. The number of carbonyl (C=O) groups excluding carboxylic acids is 2. The minimum atomic E-state index is -0.532. The molecule has 0 saturated carbocycles. The summed E-state index contributed by atoms with van der Waals surface area (Å²) in [5, 5.41) is 12.8. The highest BCUT2D eigenvalue weighted by atomic mass is 16.5. The summed E-state index contributed by atoms with van der Waals surface area (Å²) in [7, 11) is 1.52. The fourth-order valence-electron chi connectivity index (χ4n) is 3.43. The number of methoxy groups -OCH3 is 1. The van der Waals surface area contributed by atoms with Gasteiger partial charge in [-0.25, -0.2) is 0 Å². The van der Waals surface area contributed by atoms with E-state index in [1.807, 2.05) is 36.4 Å². The fraction of sp³-hybridized carbons (Fsp3) is 0.300. The molecule has 2 N–H and O–H groups in total. The SMILES string of the molecule is COc1c(NC(C)=O)ccc2c1[C@H](CO)N(Cc1ccccc1)C(=O)C2. The molecule has 0 fully saturated rings. The molecule has 0 bridgehead atoms. The van der Waals surface area contributed by atoms with E-state index in [0.29, 0.717) is 18.0 Å². The van der Waals surface area contributed by atoms with Gasteiger partial charge >= 0.3 is 0 Å². The van der Waals surface area contributed by atoms with Gasteiger partial charge in [0, 0.05) is 19.0 Å². The first-order chi connectivity index (χ1) is 12.5. The van der Waals surface area contributed by atoms with Crippen molar-refractivity contribution >= 4 is 17.5 Å². The van der Waals surface area contributed by atoms with E-state index in [1.165, 1.54) is 14.0 Å². The minimum Gasteiger partial charge on any atom is -0.494 e. The Kier molecular flexibility index (Phi) is 5.23. The van der Waals surface area contributed by atoms with Gasteiger partial charge in [-0.05, 0) is 17.2 Å². The molecule has 1 aliphatic rings. The highest BCUT2D eigenvalue weighted by Crippen LogP contribution is 2.41. The molecule has 0 saturated heterocycles. The van der Waals surface area contributed by atoms with Crippen LogP contribution in [0, 0.1) is 0 Å². The van der Waals surface area contributed by atoms with Gasteiger partial charge in [0.1, 0.15) is 5.75 Å². The van der Waals surface area contributed by atoms with Crippen LogP contribution < -0.4 is 10.1 Å². The quantitative estimate of drug-likeness (QED) is 0.863. The lowest BCUT2D eigenvalue weighted by molar-refractivity contribution is -0.136. The summed E-state index contributed by atoms with van der Waals surface area (Å²) in [6.07, 6.45) is 0.232. The molecule has 1 aliphatic heterocycles. The van der Waals surface area contributed by atoms with Gasteiger partial charge in [-0.1, -0.05) is 36.4 Å². The lowest BCUT2D eigenvalue weighted by Crippen LogP contribution is -2.41. The van der Waals surface area contributed by atoms with Gasteiger partial charge in [0.2, 0.25) is 11.8 Å². The van der Waals surface area contributed by atoms with Crippen molar-refractivity contribution in [3.63, 3.8) is 0 Å². The van der Waals surface area contributed by atoms with Crippen LogP contribution in [-0.2, 0) is 22.6 Å². The Morgan fingerprint density at radius 1 is 1.27 bits per heavy atom. The number of benzene rings is 2. The average molecular weight is 354 g/mol. The average Bonchev–Trinajstić information content (AvgIpc) is 2.63. The summed E-state index contributed by atoms with van der Waals surface area (Å²) in [6.45, 7) is 1.59. The number of carbonyl (C=O) groups is 2. The van der Waals surface area contributed by atoms with Crippen LogP contribution in [0.4, 0.5) is 5.69 Å². The number of aliphatic hydroxyl groups is 1. The maximum atomic E-state index is 12.7. The number of ether oxygens (including phenoxy) is 1. The summed E-state index contributed by atoms with van der Waals surface area (Å²) in [4.78, 5) is 25.8. The molecule has 0 unspecified atom stereocenters. The molecular formula is C20H22N2O4. The molecule has 0 spiro atoms. The lowest BCUT2D eigenvalue weighted by atomic mass is 9.90. The summed E-state index contributed by atoms with van der Waals surface area (Å²) in [5.41, 5.74) is 3.08. The molecule has 6 nitrogen and oxygen atoms in total. The summed E-state index contributed by atoms with van der Waals surface area (Å²) in [6, 6.07) is 12.7. The minimum absolute atomic E-state index is 0.0465. The number of nitrogens with one attached hydrogen (secondary N) is 1. The van der Waals surface area contributed by atoms with Gasteiger partial charge in [-0.2, -0.15) is 0 Å².